The highest BCUT2D eigenvalue weighted by molar-refractivity contribution is 6.31. The number of carbonyl (C=O) groups excluding carboxylic acids is 1. The van der Waals surface area contributed by atoms with Gasteiger partial charge in [-0.05, 0) is 36.8 Å². The molecule has 2 aromatic carbocycles. The number of nitrogens with zero attached hydrogens (tertiary/aromatic N) is 2. The molecule has 0 amide bonds. The van der Waals surface area contributed by atoms with Crippen LogP contribution in [0.2, 0.25) is 5.02 Å². The van der Waals surface area contributed by atoms with E-state index in [9.17, 15) is 10.1 Å². The minimum absolute atomic E-state index is 0.196. The Kier molecular flexibility index (Phi) is 3.87. The molecule has 0 atom stereocenters. The maximum atomic E-state index is 12.9. The number of nitriles is 1. The van der Waals surface area contributed by atoms with Gasteiger partial charge in [-0.25, -0.2) is 0 Å². The first kappa shape index (κ1) is 16.2. The Morgan fingerprint density at radius 2 is 1.96 bits per heavy atom. The molecule has 0 saturated carbocycles. The van der Waals surface area contributed by atoms with E-state index in [4.69, 9.17) is 16.0 Å². The van der Waals surface area contributed by atoms with Crippen LogP contribution in [0.25, 0.3) is 22.2 Å². The van der Waals surface area contributed by atoms with Crippen LogP contribution in [0.5, 0.6) is 0 Å². The second kappa shape index (κ2) is 6.21. The number of aromatic nitrogens is 1. The lowest BCUT2D eigenvalue weighted by Crippen LogP contribution is -2.09. The fourth-order valence-electron chi connectivity index (χ4n) is 2.91. The van der Waals surface area contributed by atoms with E-state index >= 15 is 0 Å². The lowest BCUT2D eigenvalue weighted by atomic mass is 10.1. The summed E-state index contributed by atoms with van der Waals surface area (Å²) in [4.78, 5) is 12.9. The molecule has 4 rings (SSSR count). The van der Waals surface area contributed by atoms with E-state index in [0.717, 1.165) is 16.5 Å². The first-order valence-electron chi connectivity index (χ1n) is 8.00. The SMILES string of the molecule is Cc1ccc(-c2ccc(C(=O)n3cc(C#N)c4ccccc43)o2)cc1Cl. The van der Waals surface area contributed by atoms with Crippen molar-refractivity contribution in [2.24, 2.45) is 0 Å². The van der Waals surface area contributed by atoms with Crippen molar-refractivity contribution in [2.75, 3.05) is 0 Å². The summed E-state index contributed by atoms with van der Waals surface area (Å²) in [6.07, 6.45) is 1.54. The molecule has 0 aliphatic carbocycles. The molecule has 0 fully saturated rings. The van der Waals surface area contributed by atoms with Gasteiger partial charge in [0, 0.05) is 22.2 Å². The van der Waals surface area contributed by atoms with Gasteiger partial charge in [-0.15, -0.1) is 0 Å². The Labute approximate surface area is 154 Å². The van der Waals surface area contributed by atoms with Gasteiger partial charge in [0.05, 0.1) is 11.1 Å². The van der Waals surface area contributed by atoms with Crippen LogP contribution in [0.15, 0.2) is 65.2 Å². The van der Waals surface area contributed by atoms with Gasteiger partial charge in [0.15, 0.2) is 5.76 Å². The average molecular weight is 361 g/mol. The topological polar surface area (TPSA) is 58.9 Å². The highest BCUT2D eigenvalue weighted by atomic mass is 35.5. The summed E-state index contributed by atoms with van der Waals surface area (Å²) < 4.78 is 7.20. The van der Waals surface area contributed by atoms with Crippen molar-refractivity contribution in [1.29, 1.82) is 5.26 Å². The Balaban J connectivity index is 1.76. The van der Waals surface area contributed by atoms with Crippen molar-refractivity contribution in [2.45, 2.75) is 6.92 Å². The van der Waals surface area contributed by atoms with Gasteiger partial charge >= 0.3 is 0 Å². The van der Waals surface area contributed by atoms with Crippen LogP contribution >= 0.6 is 11.6 Å². The lowest BCUT2D eigenvalue weighted by molar-refractivity contribution is 0.0938. The fraction of sp³-hybridized carbons (Fsp3) is 0.0476. The number of carbonyl (C=O) groups is 1. The van der Waals surface area contributed by atoms with Crippen molar-refractivity contribution >= 4 is 28.4 Å². The fourth-order valence-corrected chi connectivity index (χ4v) is 3.09. The number of para-hydroxylation sites is 1. The van der Waals surface area contributed by atoms with E-state index in [2.05, 4.69) is 6.07 Å². The monoisotopic (exact) mass is 360 g/mol. The molecule has 2 heterocycles. The molecule has 5 heteroatoms. The van der Waals surface area contributed by atoms with E-state index in [1.54, 1.807) is 18.2 Å². The van der Waals surface area contributed by atoms with Gasteiger partial charge in [-0.1, -0.05) is 41.9 Å². The Morgan fingerprint density at radius 1 is 1.15 bits per heavy atom. The second-order valence-corrected chi connectivity index (χ2v) is 6.38. The van der Waals surface area contributed by atoms with E-state index in [1.807, 2.05) is 43.3 Å². The number of rotatable bonds is 2. The summed E-state index contributed by atoms with van der Waals surface area (Å²) in [7, 11) is 0. The van der Waals surface area contributed by atoms with Crippen LogP contribution in [-0.2, 0) is 0 Å². The molecule has 2 aromatic heterocycles. The third-order valence-electron chi connectivity index (χ3n) is 4.32. The second-order valence-electron chi connectivity index (χ2n) is 5.97. The number of hydrogen-bond acceptors (Lipinski definition) is 3. The van der Waals surface area contributed by atoms with Gasteiger partial charge in [0.1, 0.15) is 11.8 Å². The largest absolute Gasteiger partial charge is 0.451 e. The third kappa shape index (κ3) is 2.59. The van der Waals surface area contributed by atoms with Gasteiger partial charge in [-0.2, -0.15) is 5.26 Å². The standard InChI is InChI=1S/C21H13ClN2O2/c1-13-6-7-14(10-17(13)22)19-8-9-20(26-19)21(25)24-12-15(11-23)16-4-2-3-5-18(16)24/h2-10,12H,1H3. The molecule has 0 radical (unpaired) electrons. The first-order chi connectivity index (χ1) is 12.6. The molecule has 0 N–H and O–H groups in total. The van der Waals surface area contributed by atoms with Gasteiger partial charge in [0.25, 0.3) is 5.91 Å². The number of halogens is 1. The molecule has 4 aromatic rings. The van der Waals surface area contributed by atoms with Crippen molar-refractivity contribution < 1.29 is 9.21 Å². The van der Waals surface area contributed by atoms with Crippen LogP contribution < -0.4 is 0 Å². The molecule has 0 unspecified atom stereocenters. The zero-order valence-corrected chi connectivity index (χ0v) is 14.6. The summed E-state index contributed by atoms with van der Waals surface area (Å²) in [5.41, 5.74) is 2.90. The van der Waals surface area contributed by atoms with E-state index in [-0.39, 0.29) is 11.7 Å². The highest BCUT2D eigenvalue weighted by Gasteiger charge is 2.18. The summed E-state index contributed by atoms with van der Waals surface area (Å²) in [5.74, 6) is 0.432. The van der Waals surface area contributed by atoms with Crippen LogP contribution in [0.1, 0.15) is 21.7 Å². The minimum atomic E-state index is -0.327. The number of fused-ring (bicyclic) bond motifs is 1. The van der Waals surface area contributed by atoms with Gasteiger partial charge in [0.2, 0.25) is 0 Å². The molecule has 4 nitrogen and oxygen atoms in total. The number of benzene rings is 2. The van der Waals surface area contributed by atoms with Crippen molar-refractivity contribution in [3.63, 3.8) is 0 Å². The third-order valence-corrected chi connectivity index (χ3v) is 4.73. The van der Waals surface area contributed by atoms with Crippen LogP contribution in [-0.4, -0.2) is 10.5 Å². The zero-order chi connectivity index (χ0) is 18.3. The molecular formula is C21H13ClN2O2. The maximum Gasteiger partial charge on any atom is 0.298 e. The van der Waals surface area contributed by atoms with E-state index < -0.39 is 0 Å². The predicted octanol–water partition coefficient (Wildman–Crippen LogP) is 5.42. The van der Waals surface area contributed by atoms with Crippen molar-refractivity contribution in [1.82, 2.24) is 4.57 Å². The predicted molar refractivity (Wildman–Crippen MR) is 100 cm³/mol. The van der Waals surface area contributed by atoms with Crippen LogP contribution in [0.3, 0.4) is 0 Å². The number of hydrogen-bond donors (Lipinski definition) is 0. The van der Waals surface area contributed by atoms with Gasteiger partial charge < -0.3 is 4.42 Å². The Bertz CT molecular complexity index is 1190. The quantitative estimate of drug-likeness (QED) is 0.479. The highest BCUT2D eigenvalue weighted by Crippen LogP contribution is 2.28. The summed E-state index contributed by atoms with van der Waals surface area (Å²) in [6.45, 7) is 1.92. The normalized spacial score (nSPS) is 10.8. The molecule has 0 saturated heterocycles. The molecule has 0 bridgehead atoms. The van der Waals surface area contributed by atoms with Crippen molar-refractivity contribution in [3.05, 3.63) is 82.7 Å². The van der Waals surface area contributed by atoms with E-state index in [0.29, 0.717) is 21.9 Å². The summed E-state index contributed by atoms with van der Waals surface area (Å²) in [5, 5.41) is 10.7. The molecule has 26 heavy (non-hydrogen) atoms. The van der Waals surface area contributed by atoms with Gasteiger partial charge in [-0.3, -0.25) is 9.36 Å². The first-order valence-corrected chi connectivity index (χ1v) is 8.37. The van der Waals surface area contributed by atoms with Crippen molar-refractivity contribution in [3.8, 4) is 17.4 Å². The van der Waals surface area contributed by atoms with Crippen LogP contribution in [0.4, 0.5) is 0 Å². The number of furan rings is 1. The molecule has 126 valence electrons. The summed E-state index contributed by atoms with van der Waals surface area (Å²) >= 11 is 6.17. The van der Waals surface area contributed by atoms with Crippen LogP contribution in [0, 0.1) is 18.3 Å². The maximum absolute atomic E-state index is 12.9. The molecule has 0 aliphatic rings. The lowest BCUT2D eigenvalue weighted by Gasteiger charge is -2.02. The number of aryl methyl sites for hydroxylation is 1. The average Bonchev–Trinajstić information content (AvgIpc) is 3.28. The minimum Gasteiger partial charge on any atom is -0.451 e. The Morgan fingerprint density at radius 3 is 2.73 bits per heavy atom. The smallest absolute Gasteiger partial charge is 0.298 e. The molecular weight excluding hydrogens is 348 g/mol. The zero-order valence-electron chi connectivity index (χ0n) is 13.9. The summed E-state index contributed by atoms with van der Waals surface area (Å²) in [6, 6.07) is 18.4. The Hall–Kier alpha value is -3.29. The molecule has 0 aliphatic heterocycles. The van der Waals surface area contributed by atoms with E-state index in [1.165, 1.54) is 10.8 Å². The molecule has 0 spiro atoms.